The van der Waals surface area contributed by atoms with Crippen molar-refractivity contribution in [1.29, 1.82) is 0 Å². The average molecular weight is 258 g/mol. The third-order valence-corrected chi connectivity index (χ3v) is 4.22. The summed E-state index contributed by atoms with van der Waals surface area (Å²) in [5.74, 6) is -0.375. The van der Waals surface area contributed by atoms with Crippen molar-refractivity contribution in [3.63, 3.8) is 0 Å². The topological polar surface area (TPSA) is 46.2 Å². The number of halogens is 2. The van der Waals surface area contributed by atoms with Crippen molar-refractivity contribution in [2.75, 3.05) is 6.54 Å². The van der Waals surface area contributed by atoms with E-state index in [1.54, 1.807) is 6.92 Å². The van der Waals surface area contributed by atoms with Crippen LogP contribution in [0.25, 0.3) is 0 Å². The van der Waals surface area contributed by atoms with Gasteiger partial charge in [-0.3, -0.25) is 0 Å². The molecule has 17 heavy (non-hydrogen) atoms. The Morgan fingerprint density at radius 2 is 2.06 bits per heavy atom. The van der Waals surface area contributed by atoms with Gasteiger partial charge in [-0.15, -0.1) is 0 Å². The molecule has 0 aliphatic heterocycles. The number of hydrogen-bond donors (Lipinski definition) is 2. The molecule has 1 aliphatic carbocycles. The highest BCUT2D eigenvalue weighted by molar-refractivity contribution is 6.32. The second kappa shape index (κ2) is 4.46. The lowest BCUT2D eigenvalue weighted by molar-refractivity contribution is 0.399. The van der Waals surface area contributed by atoms with Crippen LogP contribution in [0.2, 0.25) is 5.02 Å². The predicted octanol–water partition coefficient (Wildman–Crippen LogP) is 3.26. The third kappa shape index (κ3) is 1.91. The Kier molecular flexibility index (Phi) is 3.32. The molecule has 1 fully saturated rings. The molecule has 2 nitrogen and oxygen atoms in total. The molecule has 0 amide bonds. The first-order valence-electron chi connectivity index (χ1n) is 5.90. The molecule has 94 valence electrons. The number of hydrogen-bond acceptors (Lipinski definition) is 2. The van der Waals surface area contributed by atoms with Gasteiger partial charge in [0.05, 0.1) is 5.02 Å². The Morgan fingerprint density at radius 3 is 2.59 bits per heavy atom. The Bertz CT molecular complexity index is 415. The van der Waals surface area contributed by atoms with Gasteiger partial charge in [-0.2, -0.15) is 0 Å². The normalized spacial score (nSPS) is 18.6. The fourth-order valence-electron chi connectivity index (χ4n) is 2.96. The van der Waals surface area contributed by atoms with E-state index in [1.807, 2.05) is 0 Å². The Balaban J connectivity index is 2.65. The molecule has 1 aromatic rings. The van der Waals surface area contributed by atoms with E-state index in [9.17, 15) is 9.50 Å². The first-order chi connectivity index (χ1) is 8.02. The monoisotopic (exact) mass is 257 g/mol. The van der Waals surface area contributed by atoms with Gasteiger partial charge in [-0.1, -0.05) is 24.4 Å². The molecule has 0 aromatic heterocycles. The van der Waals surface area contributed by atoms with Crippen molar-refractivity contribution in [3.05, 3.63) is 28.0 Å². The summed E-state index contributed by atoms with van der Waals surface area (Å²) in [6, 6.07) is 1.16. The lowest BCUT2D eigenvalue weighted by Gasteiger charge is -2.30. The summed E-state index contributed by atoms with van der Waals surface area (Å²) >= 11 is 5.86. The van der Waals surface area contributed by atoms with Crippen molar-refractivity contribution in [3.8, 4) is 5.75 Å². The van der Waals surface area contributed by atoms with Gasteiger partial charge in [-0.05, 0) is 31.4 Å². The minimum Gasteiger partial charge on any atom is -0.506 e. The number of phenols is 1. The maximum Gasteiger partial charge on any atom is 0.138 e. The van der Waals surface area contributed by atoms with Gasteiger partial charge in [-0.25, -0.2) is 4.39 Å². The SMILES string of the molecule is Cc1c(F)cc(Cl)c(O)c1C1(CN)CCCC1. The van der Waals surface area contributed by atoms with Crippen molar-refractivity contribution in [1.82, 2.24) is 0 Å². The van der Waals surface area contributed by atoms with Gasteiger partial charge in [0.2, 0.25) is 0 Å². The van der Waals surface area contributed by atoms with Crippen LogP contribution in [0.5, 0.6) is 5.75 Å². The third-order valence-electron chi connectivity index (χ3n) is 3.93. The Hall–Kier alpha value is -0.800. The highest BCUT2D eigenvalue weighted by Gasteiger charge is 2.38. The van der Waals surface area contributed by atoms with Crippen LogP contribution < -0.4 is 5.73 Å². The zero-order chi connectivity index (χ0) is 12.6. The number of phenolic OH excluding ortho intramolecular Hbond substituents is 1. The molecule has 2 rings (SSSR count). The Morgan fingerprint density at radius 1 is 1.47 bits per heavy atom. The van der Waals surface area contributed by atoms with E-state index in [1.165, 1.54) is 0 Å². The molecule has 0 bridgehead atoms. The molecule has 0 radical (unpaired) electrons. The molecular formula is C13H17ClFNO. The second-order valence-electron chi connectivity index (χ2n) is 4.88. The summed E-state index contributed by atoms with van der Waals surface area (Å²) in [4.78, 5) is 0. The van der Waals surface area contributed by atoms with Gasteiger partial charge in [0.15, 0.2) is 0 Å². The summed E-state index contributed by atoms with van der Waals surface area (Å²) in [5.41, 5.74) is 6.64. The first-order valence-corrected chi connectivity index (χ1v) is 6.28. The lowest BCUT2D eigenvalue weighted by atomic mass is 9.76. The molecule has 4 heteroatoms. The number of benzene rings is 1. The van der Waals surface area contributed by atoms with Gasteiger partial charge in [0, 0.05) is 17.5 Å². The maximum atomic E-state index is 13.7. The molecule has 0 unspecified atom stereocenters. The van der Waals surface area contributed by atoms with E-state index in [-0.39, 0.29) is 22.0 Å². The van der Waals surface area contributed by atoms with Crippen molar-refractivity contribution < 1.29 is 9.50 Å². The Labute approximate surface area is 106 Å². The minimum atomic E-state index is -0.373. The van der Waals surface area contributed by atoms with Crippen molar-refractivity contribution in [2.24, 2.45) is 5.73 Å². The molecule has 1 aliphatic rings. The predicted molar refractivity (Wildman–Crippen MR) is 67.0 cm³/mol. The number of aromatic hydroxyl groups is 1. The van der Waals surface area contributed by atoms with E-state index >= 15 is 0 Å². The van der Waals surface area contributed by atoms with Gasteiger partial charge in [0.1, 0.15) is 11.6 Å². The van der Waals surface area contributed by atoms with E-state index in [0.29, 0.717) is 17.7 Å². The molecule has 0 saturated heterocycles. The lowest BCUT2D eigenvalue weighted by Crippen LogP contribution is -2.33. The van der Waals surface area contributed by atoms with E-state index in [2.05, 4.69) is 0 Å². The van der Waals surface area contributed by atoms with Crippen LogP contribution >= 0.6 is 11.6 Å². The molecule has 0 spiro atoms. The smallest absolute Gasteiger partial charge is 0.138 e. The van der Waals surface area contributed by atoms with Crippen molar-refractivity contribution in [2.45, 2.75) is 38.0 Å². The van der Waals surface area contributed by atoms with E-state index in [4.69, 9.17) is 17.3 Å². The zero-order valence-corrected chi connectivity index (χ0v) is 10.6. The molecular weight excluding hydrogens is 241 g/mol. The van der Waals surface area contributed by atoms with E-state index in [0.717, 1.165) is 31.7 Å². The fourth-order valence-corrected chi connectivity index (χ4v) is 3.15. The molecule has 0 atom stereocenters. The zero-order valence-electron chi connectivity index (χ0n) is 9.89. The van der Waals surface area contributed by atoms with Gasteiger partial charge in [0.25, 0.3) is 0 Å². The average Bonchev–Trinajstić information content (AvgIpc) is 2.77. The summed E-state index contributed by atoms with van der Waals surface area (Å²) in [6.07, 6.45) is 3.89. The van der Waals surface area contributed by atoms with Gasteiger partial charge >= 0.3 is 0 Å². The minimum absolute atomic E-state index is 0.00193. The quantitative estimate of drug-likeness (QED) is 0.854. The first kappa shape index (κ1) is 12.7. The largest absolute Gasteiger partial charge is 0.506 e. The molecule has 1 aromatic carbocycles. The summed E-state index contributed by atoms with van der Waals surface area (Å²) < 4.78 is 13.7. The summed E-state index contributed by atoms with van der Waals surface area (Å²) in [7, 11) is 0. The molecule has 3 N–H and O–H groups in total. The second-order valence-corrected chi connectivity index (χ2v) is 5.29. The van der Waals surface area contributed by atoms with Crippen LogP contribution in [-0.4, -0.2) is 11.7 Å². The van der Waals surface area contributed by atoms with Crippen LogP contribution in [0.1, 0.15) is 36.8 Å². The maximum absolute atomic E-state index is 13.7. The standard InChI is InChI=1S/C13H17ClFNO/c1-8-10(15)6-9(14)12(17)11(8)13(7-16)4-2-3-5-13/h6,17H,2-5,7,16H2,1H3. The highest BCUT2D eigenvalue weighted by Crippen LogP contribution is 2.47. The van der Waals surface area contributed by atoms with Crippen LogP contribution in [0, 0.1) is 12.7 Å². The van der Waals surface area contributed by atoms with E-state index < -0.39 is 0 Å². The number of nitrogens with two attached hydrogens (primary N) is 1. The highest BCUT2D eigenvalue weighted by atomic mass is 35.5. The van der Waals surface area contributed by atoms with Crippen LogP contribution in [0.4, 0.5) is 4.39 Å². The van der Waals surface area contributed by atoms with Crippen LogP contribution in [0.15, 0.2) is 6.07 Å². The van der Waals surface area contributed by atoms with Crippen LogP contribution in [-0.2, 0) is 5.41 Å². The summed E-state index contributed by atoms with van der Waals surface area (Å²) in [6.45, 7) is 2.09. The molecule has 1 saturated carbocycles. The van der Waals surface area contributed by atoms with Gasteiger partial charge < -0.3 is 10.8 Å². The fraction of sp³-hybridized carbons (Fsp3) is 0.538. The van der Waals surface area contributed by atoms with Crippen LogP contribution in [0.3, 0.4) is 0 Å². The molecule has 0 heterocycles. The van der Waals surface area contributed by atoms with Crippen molar-refractivity contribution >= 4 is 11.6 Å². The number of rotatable bonds is 2. The summed E-state index contributed by atoms with van der Waals surface area (Å²) in [5, 5.41) is 10.2.